The molecule has 3 aromatic rings. The highest BCUT2D eigenvalue weighted by molar-refractivity contribution is 5.82. The van der Waals surface area contributed by atoms with Gasteiger partial charge in [0.05, 0.1) is 17.2 Å². The molecule has 0 atom stereocenters. The van der Waals surface area contributed by atoms with E-state index in [0.29, 0.717) is 0 Å². The third kappa shape index (κ3) is 3.34. The number of H-pyrrole nitrogens is 1. The molecule has 23 heavy (non-hydrogen) atoms. The molecule has 0 spiro atoms. The smallest absolute Gasteiger partial charge is 0.224 e. The zero-order valence-electron chi connectivity index (χ0n) is 13.7. The van der Waals surface area contributed by atoms with Gasteiger partial charge in [-0.3, -0.25) is 0 Å². The molecule has 5 heteroatoms. The lowest BCUT2D eigenvalue weighted by atomic mass is 10.2. The highest BCUT2D eigenvalue weighted by Crippen LogP contribution is 2.17. The van der Waals surface area contributed by atoms with Gasteiger partial charge in [0.2, 0.25) is 5.95 Å². The minimum Gasteiger partial charge on any atom is -0.378 e. The standard InChI is InChI=1S/C18H21N5/c1-4-23(18-20-16-7-5-6-8-17(16)21-18)19-13-14-9-11-15(12-10-14)22(2)3/h5-13H,4H2,1-3H3,(H,20,21)/b19-13-. The molecule has 0 radical (unpaired) electrons. The van der Waals surface area contributed by atoms with Crippen LogP contribution in [0.5, 0.6) is 0 Å². The van der Waals surface area contributed by atoms with Crippen LogP contribution >= 0.6 is 0 Å². The van der Waals surface area contributed by atoms with Crippen LogP contribution in [0.15, 0.2) is 53.6 Å². The second-order valence-corrected chi connectivity index (χ2v) is 5.52. The lowest BCUT2D eigenvalue weighted by Gasteiger charge is -2.13. The van der Waals surface area contributed by atoms with Gasteiger partial charge in [0.1, 0.15) is 0 Å². The first kappa shape index (κ1) is 15.1. The Morgan fingerprint density at radius 2 is 1.83 bits per heavy atom. The Hall–Kier alpha value is -2.82. The minimum absolute atomic E-state index is 0.742. The van der Waals surface area contributed by atoms with Crippen LogP contribution in [0.3, 0.4) is 0 Å². The molecule has 0 aliphatic heterocycles. The van der Waals surface area contributed by atoms with Crippen LogP contribution in [0, 0.1) is 0 Å². The van der Waals surface area contributed by atoms with Crippen LogP contribution < -0.4 is 9.91 Å². The van der Waals surface area contributed by atoms with Crippen molar-refractivity contribution >= 4 is 28.9 Å². The summed E-state index contributed by atoms with van der Waals surface area (Å²) >= 11 is 0. The van der Waals surface area contributed by atoms with Gasteiger partial charge in [-0.05, 0) is 36.8 Å². The Morgan fingerprint density at radius 3 is 2.48 bits per heavy atom. The van der Waals surface area contributed by atoms with E-state index in [1.807, 2.05) is 49.6 Å². The maximum absolute atomic E-state index is 4.58. The van der Waals surface area contributed by atoms with E-state index >= 15 is 0 Å². The number of rotatable bonds is 5. The Labute approximate surface area is 136 Å². The summed E-state index contributed by atoms with van der Waals surface area (Å²) in [6, 6.07) is 16.3. The van der Waals surface area contributed by atoms with Crippen LogP contribution in [0.2, 0.25) is 0 Å². The molecule has 1 N–H and O–H groups in total. The van der Waals surface area contributed by atoms with Crippen molar-refractivity contribution in [1.82, 2.24) is 9.97 Å². The normalized spacial score (nSPS) is 11.3. The topological polar surface area (TPSA) is 47.5 Å². The summed E-state index contributed by atoms with van der Waals surface area (Å²) in [4.78, 5) is 9.96. The second kappa shape index (κ2) is 6.52. The largest absolute Gasteiger partial charge is 0.378 e. The maximum Gasteiger partial charge on any atom is 0.224 e. The van der Waals surface area contributed by atoms with Gasteiger partial charge in [-0.25, -0.2) is 9.99 Å². The van der Waals surface area contributed by atoms with Crippen molar-refractivity contribution in [3.63, 3.8) is 0 Å². The average molecular weight is 307 g/mol. The van der Waals surface area contributed by atoms with E-state index in [2.05, 4.69) is 51.2 Å². The molecule has 0 saturated carbocycles. The van der Waals surface area contributed by atoms with Crippen molar-refractivity contribution in [3.05, 3.63) is 54.1 Å². The molecule has 0 saturated heterocycles. The van der Waals surface area contributed by atoms with Gasteiger partial charge < -0.3 is 9.88 Å². The van der Waals surface area contributed by atoms with Gasteiger partial charge in [-0.2, -0.15) is 5.10 Å². The molecule has 1 aromatic heterocycles. The van der Waals surface area contributed by atoms with E-state index in [1.54, 1.807) is 0 Å². The van der Waals surface area contributed by atoms with Gasteiger partial charge >= 0.3 is 0 Å². The lowest BCUT2D eigenvalue weighted by molar-refractivity contribution is 0.861. The van der Waals surface area contributed by atoms with Crippen LogP contribution in [0.25, 0.3) is 11.0 Å². The Morgan fingerprint density at radius 1 is 1.09 bits per heavy atom. The number of para-hydroxylation sites is 2. The summed E-state index contributed by atoms with van der Waals surface area (Å²) in [6.07, 6.45) is 1.86. The van der Waals surface area contributed by atoms with Crippen molar-refractivity contribution in [2.24, 2.45) is 5.10 Å². The fourth-order valence-electron chi connectivity index (χ4n) is 2.34. The quantitative estimate of drug-likeness (QED) is 0.580. The molecule has 0 bridgehead atoms. The number of hydrogen-bond acceptors (Lipinski definition) is 4. The van der Waals surface area contributed by atoms with E-state index in [-0.39, 0.29) is 0 Å². The van der Waals surface area contributed by atoms with E-state index in [0.717, 1.165) is 29.1 Å². The molecular formula is C18H21N5. The first-order valence-electron chi connectivity index (χ1n) is 7.71. The number of anilines is 2. The first-order chi connectivity index (χ1) is 11.2. The molecule has 0 fully saturated rings. The summed E-state index contributed by atoms with van der Waals surface area (Å²) in [5, 5.41) is 6.41. The van der Waals surface area contributed by atoms with Gasteiger partial charge in [-0.15, -0.1) is 0 Å². The molecule has 2 aromatic carbocycles. The van der Waals surface area contributed by atoms with Crippen molar-refractivity contribution in [2.75, 3.05) is 30.5 Å². The highest BCUT2D eigenvalue weighted by Gasteiger charge is 2.07. The predicted molar refractivity (Wildman–Crippen MR) is 97.5 cm³/mol. The van der Waals surface area contributed by atoms with Crippen LogP contribution in [0.1, 0.15) is 12.5 Å². The van der Waals surface area contributed by atoms with Crippen LogP contribution in [-0.2, 0) is 0 Å². The zero-order valence-corrected chi connectivity index (χ0v) is 13.7. The van der Waals surface area contributed by atoms with Gasteiger partial charge in [0.25, 0.3) is 0 Å². The summed E-state index contributed by atoms with van der Waals surface area (Å²) in [7, 11) is 4.06. The fraction of sp³-hybridized carbons (Fsp3) is 0.222. The molecule has 5 nitrogen and oxygen atoms in total. The molecule has 3 rings (SSSR count). The number of imidazole rings is 1. The number of benzene rings is 2. The van der Waals surface area contributed by atoms with E-state index < -0.39 is 0 Å². The van der Waals surface area contributed by atoms with E-state index in [1.165, 1.54) is 5.69 Å². The summed E-state index contributed by atoms with van der Waals surface area (Å²) in [5.74, 6) is 0.759. The second-order valence-electron chi connectivity index (χ2n) is 5.52. The SMILES string of the molecule is CCN(/N=C\c1ccc(N(C)C)cc1)c1nc2ccccc2[nH]1. The fourth-order valence-corrected chi connectivity index (χ4v) is 2.34. The number of aromatic nitrogens is 2. The summed E-state index contributed by atoms with van der Waals surface area (Å²) < 4.78 is 0. The number of hydrazone groups is 1. The van der Waals surface area contributed by atoms with Crippen LogP contribution in [-0.4, -0.2) is 36.8 Å². The van der Waals surface area contributed by atoms with Crippen molar-refractivity contribution in [2.45, 2.75) is 6.92 Å². The third-order valence-corrected chi connectivity index (χ3v) is 3.68. The molecular weight excluding hydrogens is 286 g/mol. The number of nitrogens with one attached hydrogen (secondary N) is 1. The molecule has 0 aliphatic carbocycles. The van der Waals surface area contributed by atoms with Gasteiger partial charge in [-0.1, -0.05) is 24.3 Å². The molecule has 0 aliphatic rings. The van der Waals surface area contributed by atoms with Crippen LogP contribution in [0.4, 0.5) is 11.6 Å². The predicted octanol–water partition coefficient (Wildman–Crippen LogP) is 3.49. The molecule has 118 valence electrons. The Bertz CT molecular complexity index is 769. The summed E-state index contributed by atoms with van der Waals surface area (Å²) in [5.41, 5.74) is 4.20. The third-order valence-electron chi connectivity index (χ3n) is 3.68. The monoisotopic (exact) mass is 307 g/mol. The van der Waals surface area contributed by atoms with E-state index in [4.69, 9.17) is 0 Å². The number of hydrogen-bond donors (Lipinski definition) is 1. The Balaban J connectivity index is 1.80. The van der Waals surface area contributed by atoms with Gasteiger partial charge in [0, 0.05) is 26.3 Å². The number of fused-ring (bicyclic) bond motifs is 1. The first-order valence-corrected chi connectivity index (χ1v) is 7.71. The maximum atomic E-state index is 4.58. The van der Waals surface area contributed by atoms with Crippen molar-refractivity contribution in [3.8, 4) is 0 Å². The molecule has 0 amide bonds. The number of aromatic amines is 1. The van der Waals surface area contributed by atoms with Crippen molar-refractivity contribution in [1.29, 1.82) is 0 Å². The molecule has 1 heterocycles. The Kier molecular flexibility index (Phi) is 4.28. The highest BCUT2D eigenvalue weighted by atomic mass is 15.5. The van der Waals surface area contributed by atoms with E-state index in [9.17, 15) is 0 Å². The van der Waals surface area contributed by atoms with Crippen molar-refractivity contribution < 1.29 is 0 Å². The lowest BCUT2D eigenvalue weighted by Crippen LogP contribution is -2.17. The summed E-state index contributed by atoms with van der Waals surface area (Å²) in [6.45, 7) is 2.80. The molecule has 0 unspecified atom stereocenters. The number of nitrogens with zero attached hydrogens (tertiary/aromatic N) is 4. The van der Waals surface area contributed by atoms with Gasteiger partial charge in [0.15, 0.2) is 0 Å². The minimum atomic E-state index is 0.742. The average Bonchev–Trinajstić information content (AvgIpc) is 2.99. The zero-order chi connectivity index (χ0) is 16.2.